The Kier molecular flexibility index (Phi) is 3.98. The first-order valence-corrected chi connectivity index (χ1v) is 5.29. The van der Waals surface area contributed by atoms with E-state index >= 15 is 0 Å². The van der Waals surface area contributed by atoms with Gasteiger partial charge in [0, 0.05) is 5.56 Å². The Bertz CT molecular complexity index is 425. The van der Waals surface area contributed by atoms with Crippen LogP contribution in [0.5, 0.6) is 0 Å². The maximum atomic E-state index is 13.1. The fourth-order valence-corrected chi connectivity index (χ4v) is 1.68. The first kappa shape index (κ1) is 11.9. The van der Waals surface area contributed by atoms with Crippen LogP contribution in [0.2, 0.25) is 0 Å². The number of hydrogen-bond donors (Lipinski definition) is 0. The molecule has 1 aromatic rings. The fourth-order valence-electron chi connectivity index (χ4n) is 1.22. The Hall–Kier alpha value is -1.21. The van der Waals surface area contributed by atoms with Crippen LogP contribution in [0.15, 0.2) is 22.7 Å². The summed E-state index contributed by atoms with van der Waals surface area (Å²) in [4.78, 5) is 11.8. The number of carbonyl (C=O) groups excluding carboxylic acids is 1. The van der Waals surface area contributed by atoms with E-state index in [0.29, 0.717) is 6.42 Å². The minimum absolute atomic E-state index is 0.128. The summed E-state index contributed by atoms with van der Waals surface area (Å²) < 4.78 is 13.3. The second-order valence-corrected chi connectivity index (χ2v) is 3.85. The van der Waals surface area contributed by atoms with Crippen LogP contribution in [0.1, 0.15) is 23.7 Å². The van der Waals surface area contributed by atoms with Gasteiger partial charge in [-0.3, -0.25) is 4.79 Å². The zero-order chi connectivity index (χ0) is 11.4. The minimum Gasteiger partial charge on any atom is -0.293 e. The van der Waals surface area contributed by atoms with Gasteiger partial charge in [-0.1, -0.05) is 19.1 Å². The van der Waals surface area contributed by atoms with Gasteiger partial charge in [-0.2, -0.15) is 5.26 Å². The molecule has 0 heterocycles. The predicted octanol–water partition coefficient (Wildman–Crippen LogP) is 3.32. The summed E-state index contributed by atoms with van der Waals surface area (Å²) in [5, 5.41) is 8.74. The van der Waals surface area contributed by atoms with Crippen LogP contribution in [0, 0.1) is 23.1 Å². The second-order valence-electron chi connectivity index (χ2n) is 3.06. The monoisotopic (exact) mass is 269 g/mol. The highest BCUT2D eigenvalue weighted by Gasteiger charge is 2.20. The van der Waals surface area contributed by atoms with E-state index in [2.05, 4.69) is 15.9 Å². The van der Waals surface area contributed by atoms with Gasteiger partial charge >= 0.3 is 0 Å². The minimum atomic E-state index is -0.705. The van der Waals surface area contributed by atoms with E-state index in [1.807, 2.05) is 6.07 Å². The molecule has 0 aromatic heterocycles. The van der Waals surface area contributed by atoms with Crippen molar-refractivity contribution in [1.29, 1.82) is 5.26 Å². The molecule has 0 spiro atoms. The van der Waals surface area contributed by atoms with E-state index in [1.54, 1.807) is 6.92 Å². The number of halogens is 2. The number of Topliss-reactive ketones (excluding diaryl/α,β-unsaturated/α-hetero) is 1. The van der Waals surface area contributed by atoms with Crippen LogP contribution >= 0.6 is 15.9 Å². The molecule has 0 aliphatic rings. The molecule has 0 N–H and O–H groups in total. The molecule has 1 rings (SSSR count). The molecule has 0 fully saturated rings. The molecule has 1 unspecified atom stereocenters. The van der Waals surface area contributed by atoms with Crippen LogP contribution in [-0.4, -0.2) is 5.78 Å². The Balaban J connectivity index is 3.13. The molecule has 1 aromatic carbocycles. The molecule has 0 amide bonds. The topological polar surface area (TPSA) is 40.9 Å². The highest BCUT2D eigenvalue weighted by atomic mass is 79.9. The van der Waals surface area contributed by atoms with Crippen molar-refractivity contribution in [3.8, 4) is 6.07 Å². The lowest BCUT2D eigenvalue weighted by atomic mass is 9.97. The summed E-state index contributed by atoms with van der Waals surface area (Å²) in [6.07, 6.45) is 0.429. The van der Waals surface area contributed by atoms with Gasteiger partial charge in [0.15, 0.2) is 5.78 Å². The van der Waals surface area contributed by atoms with Crippen LogP contribution in [0.3, 0.4) is 0 Å². The Morgan fingerprint density at radius 2 is 2.33 bits per heavy atom. The Labute approximate surface area is 95.8 Å². The van der Waals surface area contributed by atoms with Gasteiger partial charge in [0.1, 0.15) is 11.7 Å². The lowest BCUT2D eigenvalue weighted by Gasteiger charge is -2.07. The normalized spacial score (nSPS) is 11.9. The van der Waals surface area contributed by atoms with E-state index in [1.165, 1.54) is 18.2 Å². The first-order chi connectivity index (χ1) is 7.11. The molecule has 78 valence electrons. The van der Waals surface area contributed by atoms with Crippen LogP contribution in [-0.2, 0) is 0 Å². The van der Waals surface area contributed by atoms with E-state index in [0.717, 1.165) is 0 Å². The molecule has 1 atom stereocenters. The SMILES string of the molecule is CCC(C#N)C(=O)c1cccc(F)c1Br. The number of benzene rings is 1. The molecule has 0 radical (unpaired) electrons. The van der Waals surface area contributed by atoms with Gasteiger partial charge < -0.3 is 0 Å². The largest absolute Gasteiger partial charge is 0.293 e. The molecule has 0 aliphatic heterocycles. The van der Waals surface area contributed by atoms with E-state index in [9.17, 15) is 9.18 Å². The van der Waals surface area contributed by atoms with Gasteiger partial charge in [-0.05, 0) is 28.4 Å². The second kappa shape index (κ2) is 5.04. The van der Waals surface area contributed by atoms with Gasteiger partial charge in [-0.25, -0.2) is 4.39 Å². The van der Waals surface area contributed by atoms with E-state index < -0.39 is 11.7 Å². The molecule has 2 nitrogen and oxygen atoms in total. The molecule has 4 heteroatoms. The number of ketones is 1. The van der Waals surface area contributed by atoms with Crippen molar-refractivity contribution in [2.45, 2.75) is 13.3 Å². The van der Waals surface area contributed by atoms with Crippen molar-refractivity contribution in [2.75, 3.05) is 0 Å². The van der Waals surface area contributed by atoms with Gasteiger partial charge in [-0.15, -0.1) is 0 Å². The van der Waals surface area contributed by atoms with Crippen LogP contribution in [0.25, 0.3) is 0 Å². The summed E-state index contributed by atoms with van der Waals surface area (Å²) in [6.45, 7) is 1.75. The average Bonchev–Trinajstić information content (AvgIpc) is 2.23. The third kappa shape index (κ3) is 2.42. The van der Waals surface area contributed by atoms with Gasteiger partial charge in [0.05, 0.1) is 10.5 Å². The smallest absolute Gasteiger partial charge is 0.181 e. The maximum absolute atomic E-state index is 13.1. The number of hydrogen-bond acceptors (Lipinski definition) is 2. The van der Waals surface area contributed by atoms with Crippen LogP contribution in [0.4, 0.5) is 4.39 Å². The van der Waals surface area contributed by atoms with Crippen molar-refractivity contribution in [3.63, 3.8) is 0 Å². The lowest BCUT2D eigenvalue weighted by molar-refractivity contribution is 0.0945. The summed E-state index contributed by atoms with van der Waals surface area (Å²) in [5.74, 6) is -1.54. The maximum Gasteiger partial charge on any atom is 0.181 e. The van der Waals surface area contributed by atoms with Crippen molar-refractivity contribution in [3.05, 3.63) is 34.1 Å². The number of nitriles is 1. The standard InChI is InChI=1S/C11H9BrFNO/c1-2-7(6-14)11(15)8-4-3-5-9(13)10(8)12/h3-5,7H,2H2,1H3. The van der Waals surface area contributed by atoms with Gasteiger partial charge in [0.2, 0.25) is 0 Å². The fraction of sp³-hybridized carbons (Fsp3) is 0.273. The molecular formula is C11H9BrFNO. The number of nitrogens with zero attached hydrogens (tertiary/aromatic N) is 1. The highest BCUT2D eigenvalue weighted by Crippen LogP contribution is 2.23. The van der Waals surface area contributed by atoms with Gasteiger partial charge in [0.25, 0.3) is 0 Å². The quantitative estimate of drug-likeness (QED) is 0.790. The summed E-state index contributed by atoms with van der Waals surface area (Å²) in [7, 11) is 0. The average molecular weight is 270 g/mol. The molecule has 0 bridgehead atoms. The zero-order valence-electron chi connectivity index (χ0n) is 8.13. The van der Waals surface area contributed by atoms with Crippen molar-refractivity contribution in [2.24, 2.45) is 5.92 Å². The molecule has 0 aliphatic carbocycles. The summed E-state index contributed by atoms with van der Waals surface area (Å²) in [6, 6.07) is 6.13. The zero-order valence-corrected chi connectivity index (χ0v) is 9.71. The summed E-state index contributed by atoms with van der Waals surface area (Å²) >= 11 is 3.00. The van der Waals surface area contributed by atoms with E-state index in [-0.39, 0.29) is 15.8 Å². The molecular weight excluding hydrogens is 261 g/mol. The Morgan fingerprint density at radius 1 is 1.67 bits per heavy atom. The highest BCUT2D eigenvalue weighted by molar-refractivity contribution is 9.10. The van der Waals surface area contributed by atoms with E-state index in [4.69, 9.17) is 5.26 Å². The lowest BCUT2D eigenvalue weighted by Crippen LogP contribution is -2.12. The summed E-state index contributed by atoms with van der Waals surface area (Å²) in [5.41, 5.74) is 0.225. The number of carbonyl (C=O) groups is 1. The molecule has 15 heavy (non-hydrogen) atoms. The predicted molar refractivity (Wildman–Crippen MR) is 57.8 cm³/mol. The Morgan fingerprint density at radius 3 is 2.87 bits per heavy atom. The first-order valence-electron chi connectivity index (χ1n) is 4.49. The molecule has 0 saturated carbocycles. The number of rotatable bonds is 3. The van der Waals surface area contributed by atoms with Crippen molar-refractivity contribution < 1.29 is 9.18 Å². The third-order valence-electron chi connectivity index (χ3n) is 2.10. The van der Waals surface area contributed by atoms with Crippen LogP contribution < -0.4 is 0 Å². The molecule has 0 saturated heterocycles. The van der Waals surface area contributed by atoms with Crippen molar-refractivity contribution in [1.82, 2.24) is 0 Å². The third-order valence-corrected chi connectivity index (χ3v) is 2.90. The van der Waals surface area contributed by atoms with Crippen molar-refractivity contribution >= 4 is 21.7 Å².